The van der Waals surface area contributed by atoms with Crippen molar-refractivity contribution in [1.29, 1.82) is 0 Å². The molecule has 0 saturated carbocycles. The van der Waals surface area contributed by atoms with E-state index < -0.39 is 0 Å². The number of nitrogens with one attached hydrogen (secondary N) is 1. The average Bonchev–Trinajstić information content (AvgIpc) is 3.13. The number of rotatable bonds is 4. The molecule has 3 heterocycles. The number of halogens is 1. The van der Waals surface area contributed by atoms with Crippen LogP contribution in [0.4, 0.5) is 11.7 Å². The summed E-state index contributed by atoms with van der Waals surface area (Å²) < 4.78 is 5.07. The van der Waals surface area contributed by atoms with E-state index in [1.807, 2.05) is 43.3 Å². The normalized spacial score (nSPS) is 16.8. The first-order valence-corrected chi connectivity index (χ1v) is 9.55. The minimum absolute atomic E-state index is 0.0633. The van der Waals surface area contributed by atoms with Crippen LogP contribution in [-0.2, 0) is 4.79 Å². The van der Waals surface area contributed by atoms with Gasteiger partial charge < -0.3 is 9.42 Å². The van der Waals surface area contributed by atoms with Crippen molar-refractivity contribution in [3.05, 3.63) is 53.2 Å². The SMILES string of the molecule is Cc1cc(NC(=O)[C@H]2CCCN(c3ccc(-c4ccc(Cl)cc4)nn3)C2)on1. The topological polar surface area (TPSA) is 84.2 Å². The second-order valence-corrected chi connectivity index (χ2v) is 7.33. The van der Waals surface area contributed by atoms with E-state index in [-0.39, 0.29) is 11.8 Å². The van der Waals surface area contributed by atoms with Crippen molar-refractivity contribution in [3.8, 4) is 11.3 Å². The maximum atomic E-state index is 12.5. The molecule has 1 N–H and O–H groups in total. The molecule has 7 nitrogen and oxygen atoms in total. The molecule has 144 valence electrons. The number of anilines is 2. The molecule has 0 radical (unpaired) electrons. The van der Waals surface area contributed by atoms with E-state index in [4.69, 9.17) is 16.1 Å². The molecule has 1 aliphatic heterocycles. The van der Waals surface area contributed by atoms with Gasteiger partial charge in [-0.3, -0.25) is 10.1 Å². The van der Waals surface area contributed by atoms with Crippen LogP contribution in [0.1, 0.15) is 18.5 Å². The number of benzene rings is 1. The molecule has 0 aliphatic carbocycles. The molecule has 8 heteroatoms. The van der Waals surface area contributed by atoms with Gasteiger partial charge in [0.1, 0.15) is 0 Å². The number of amides is 1. The zero-order valence-corrected chi connectivity index (χ0v) is 16.2. The van der Waals surface area contributed by atoms with Gasteiger partial charge in [-0.2, -0.15) is 0 Å². The molecule has 3 aromatic rings. The van der Waals surface area contributed by atoms with E-state index in [2.05, 4.69) is 25.6 Å². The lowest BCUT2D eigenvalue weighted by Crippen LogP contribution is -2.41. The second-order valence-electron chi connectivity index (χ2n) is 6.89. The molecule has 1 saturated heterocycles. The molecule has 0 unspecified atom stereocenters. The van der Waals surface area contributed by atoms with E-state index in [9.17, 15) is 4.79 Å². The van der Waals surface area contributed by atoms with Gasteiger partial charge >= 0.3 is 0 Å². The van der Waals surface area contributed by atoms with E-state index in [0.717, 1.165) is 42.2 Å². The maximum absolute atomic E-state index is 12.5. The highest BCUT2D eigenvalue weighted by atomic mass is 35.5. The number of aromatic nitrogens is 3. The number of aryl methyl sites for hydroxylation is 1. The Labute approximate surface area is 167 Å². The molecular formula is C20H20ClN5O2. The van der Waals surface area contributed by atoms with Gasteiger partial charge in [0.2, 0.25) is 11.8 Å². The molecule has 1 fully saturated rings. The molecule has 4 rings (SSSR count). The second kappa shape index (κ2) is 7.98. The van der Waals surface area contributed by atoms with Gasteiger partial charge in [0.15, 0.2) is 5.82 Å². The summed E-state index contributed by atoms with van der Waals surface area (Å²) >= 11 is 5.93. The summed E-state index contributed by atoms with van der Waals surface area (Å²) in [6.45, 7) is 3.25. The highest BCUT2D eigenvalue weighted by molar-refractivity contribution is 6.30. The van der Waals surface area contributed by atoms with E-state index in [1.165, 1.54) is 0 Å². The summed E-state index contributed by atoms with van der Waals surface area (Å²) in [6.07, 6.45) is 1.74. The lowest BCUT2D eigenvalue weighted by atomic mass is 9.97. The van der Waals surface area contributed by atoms with Crippen LogP contribution in [0, 0.1) is 12.8 Å². The Morgan fingerprint density at radius 2 is 2.04 bits per heavy atom. The molecule has 1 amide bonds. The number of hydrogen-bond donors (Lipinski definition) is 1. The van der Waals surface area contributed by atoms with Gasteiger partial charge in [0.05, 0.1) is 17.3 Å². The highest BCUT2D eigenvalue weighted by Gasteiger charge is 2.27. The van der Waals surface area contributed by atoms with E-state index in [1.54, 1.807) is 6.07 Å². The molecular weight excluding hydrogens is 378 g/mol. The van der Waals surface area contributed by atoms with Crippen LogP contribution in [0.25, 0.3) is 11.3 Å². The van der Waals surface area contributed by atoms with Crippen LogP contribution in [0.3, 0.4) is 0 Å². The lowest BCUT2D eigenvalue weighted by Gasteiger charge is -2.32. The molecule has 1 atom stereocenters. The Bertz CT molecular complexity index is 955. The molecule has 2 aromatic heterocycles. The van der Waals surface area contributed by atoms with Crippen LogP contribution in [0.15, 0.2) is 47.0 Å². The minimum atomic E-state index is -0.142. The van der Waals surface area contributed by atoms with Gasteiger partial charge in [-0.1, -0.05) is 28.9 Å². The first-order chi connectivity index (χ1) is 13.6. The van der Waals surface area contributed by atoms with E-state index >= 15 is 0 Å². The van der Waals surface area contributed by atoms with Crippen LogP contribution >= 0.6 is 11.6 Å². The predicted octanol–water partition coefficient (Wildman–Crippen LogP) is 3.95. The van der Waals surface area contributed by atoms with Crippen molar-refractivity contribution in [2.24, 2.45) is 5.92 Å². The number of piperidine rings is 1. The summed E-state index contributed by atoms with van der Waals surface area (Å²) in [5.74, 6) is 0.945. The summed E-state index contributed by atoms with van der Waals surface area (Å²) in [7, 11) is 0. The summed E-state index contributed by atoms with van der Waals surface area (Å²) in [4.78, 5) is 14.6. The first kappa shape index (κ1) is 18.4. The van der Waals surface area contributed by atoms with Gasteiger partial charge in [-0.05, 0) is 44.0 Å². The van der Waals surface area contributed by atoms with Gasteiger partial charge in [-0.25, -0.2) is 0 Å². The van der Waals surface area contributed by atoms with Crippen molar-refractivity contribution in [2.45, 2.75) is 19.8 Å². The third-order valence-electron chi connectivity index (χ3n) is 4.78. The fourth-order valence-electron chi connectivity index (χ4n) is 3.31. The number of carbonyl (C=O) groups excluding carboxylic acids is 1. The standard InChI is InChI=1S/C20H20ClN5O2/c1-13-11-19(28-25-13)22-20(27)15-3-2-10-26(12-15)18-9-8-17(23-24-18)14-4-6-16(21)7-5-14/h4-9,11,15H,2-3,10,12H2,1H3,(H,22,27)/t15-/m0/s1. The zero-order valence-electron chi connectivity index (χ0n) is 15.4. The zero-order chi connectivity index (χ0) is 19.5. The third kappa shape index (κ3) is 4.14. The van der Waals surface area contributed by atoms with Gasteiger partial charge in [-0.15, -0.1) is 10.2 Å². The maximum Gasteiger partial charge on any atom is 0.231 e. The molecule has 0 spiro atoms. The minimum Gasteiger partial charge on any atom is -0.354 e. The van der Waals surface area contributed by atoms with Crippen LogP contribution in [-0.4, -0.2) is 34.4 Å². The number of nitrogens with zero attached hydrogens (tertiary/aromatic N) is 4. The third-order valence-corrected chi connectivity index (χ3v) is 5.03. The summed E-state index contributed by atoms with van der Waals surface area (Å²) in [5.41, 5.74) is 2.48. The molecule has 28 heavy (non-hydrogen) atoms. The van der Waals surface area contributed by atoms with Crippen molar-refractivity contribution >= 4 is 29.2 Å². The number of carbonyl (C=O) groups is 1. The lowest BCUT2D eigenvalue weighted by molar-refractivity contribution is -0.120. The van der Waals surface area contributed by atoms with Crippen LogP contribution in [0.5, 0.6) is 0 Å². The molecule has 0 bridgehead atoms. The predicted molar refractivity (Wildman–Crippen MR) is 107 cm³/mol. The van der Waals surface area contributed by atoms with Crippen LogP contribution in [0.2, 0.25) is 5.02 Å². The molecule has 1 aromatic carbocycles. The quantitative estimate of drug-likeness (QED) is 0.717. The Morgan fingerprint density at radius 3 is 2.71 bits per heavy atom. The largest absolute Gasteiger partial charge is 0.354 e. The van der Waals surface area contributed by atoms with Crippen molar-refractivity contribution in [2.75, 3.05) is 23.3 Å². The highest BCUT2D eigenvalue weighted by Crippen LogP contribution is 2.25. The number of hydrogen-bond acceptors (Lipinski definition) is 6. The van der Waals surface area contributed by atoms with Gasteiger partial charge in [0, 0.05) is 29.7 Å². The summed E-state index contributed by atoms with van der Waals surface area (Å²) in [6, 6.07) is 13.1. The average molecular weight is 398 g/mol. The van der Waals surface area contributed by atoms with E-state index in [0.29, 0.717) is 17.5 Å². The first-order valence-electron chi connectivity index (χ1n) is 9.17. The van der Waals surface area contributed by atoms with Crippen molar-refractivity contribution in [1.82, 2.24) is 15.4 Å². The summed E-state index contributed by atoms with van der Waals surface area (Å²) in [5, 5.41) is 16.0. The Hall–Kier alpha value is -2.93. The Morgan fingerprint density at radius 1 is 1.21 bits per heavy atom. The van der Waals surface area contributed by atoms with Crippen LogP contribution < -0.4 is 10.2 Å². The van der Waals surface area contributed by atoms with Crippen molar-refractivity contribution in [3.63, 3.8) is 0 Å². The van der Waals surface area contributed by atoms with Gasteiger partial charge in [0.25, 0.3) is 0 Å². The fraction of sp³-hybridized carbons (Fsp3) is 0.300. The molecule has 1 aliphatic rings. The van der Waals surface area contributed by atoms with Crippen molar-refractivity contribution < 1.29 is 9.32 Å². The fourth-order valence-corrected chi connectivity index (χ4v) is 3.44. The Kier molecular flexibility index (Phi) is 5.25. The Balaban J connectivity index is 1.42. The smallest absolute Gasteiger partial charge is 0.231 e. The monoisotopic (exact) mass is 397 g/mol.